The Balaban J connectivity index is 1.45. The van der Waals surface area contributed by atoms with Crippen molar-refractivity contribution in [2.45, 2.75) is 62.4 Å². The summed E-state index contributed by atoms with van der Waals surface area (Å²) in [4.78, 5) is 30.0. The van der Waals surface area contributed by atoms with Crippen molar-refractivity contribution in [1.29, 1.82) is 0 Å². The van der Waals surface area contributed by atoms with E-state index >= 15 is 0 Å². The third-order valence-corrected chi connectivity index (χ3v) is 8.41. The molecule has 34 heavy (non-hydrogen) atoms. The predicted molar refractivity (Wildman–Crippen MR) is 141 cm³/mol. The molecule has 1 N–H and O–H groups in total. The first-order valence-corrected chi connectivity index (χ1v) is 13.4. The van der Waals surface area contributed by atoms with E-state index in [1.165, 1.54) is 16.7 Å². The third-order valence-electron chi connectivity index (χ3n) is 7.09. The number of carbonyl (C=O) groups excluding carboxylic acids is 2. The number of thiol groups is 1. The van der Waals surface area contributed by atoms with Crippen LogP contribution in [0.2, 0.25) is 0 Å². The van der Waals surface area contributed by atoms with Crippen molar-refractivity contribution in [2.24, 2.45) is 0 Å². The van der Waals surface area contributed by atoms with Crippen LogP contribution in [0.1, 0.15) is 48.2 Å². The van der Waals surface area contributed by atoms with E-state index in [1.807, 2.05) is 28.5 Å². The Labute approximate surface area is 210 Å². The lowest BCUT2D eigenvalue weighted by molar-refractivity contribution is -0.141. The van der Waals surface area contributed by atoms with Gasteiger partial charge in [0.2, 0.25) is 11.8 Å². The fourth-order valence-electron chi connectivity index (χ4n) is 5.35. The Morgan fingerprint density at radius 1 is 1.12 bits per heavy atom. The van der Waals surface area contributed by atoms with E-state index in [9.17, 15) is 9.59 Å². The summed E-state index contributed by atoms with van der Waals surface area (Å²) in [6.07, 6.45) is 4.11. The molecule has 1 aromatic heterocycles. The van der Waals surface area contributed by atoms with Crippen LogP contribution >= 0.6 is 24.0 Å². The SMILES string of the molecule is CC1CCCC2c3cc(-c4ccccc4)ccc3C[C@H](NC(=O)[C@@H](S)Cc3cccs3)C(=O)N12. The fraction of sp³-hybridized carbons (Fsp3) is 0.357. The Bertz CT molecular complexity index is 1160. The van der Waals surface area contributed by atoms with Gasteiger partial charge in [-0.3, -0.25) is 9.59 Å². The number of thiophene rings is 1. The first-order valence-electron chi connectivity index (χ1n) is 12.0. The minimum atomic E-state index is -0.572. The summed E-state index contributed by atoms with van der Waals surface area (Å²) in [5.74, 6) is -0.152. The maximum atomic E-state index is 13.8. The maximum absolute atomic E-state index is 13.8. The van der Waals surface area contributed by atoms with Gasteiger partial charge in [0, 0.05) is 23.8 Å². The summed E-state index contributed by atoms with van der Waals surface area (Å²) < 4.78 is 0. The van der Waals surface area contributed by atoms with Crippen molar-refractivity contribution < 1.29 is 9.59 Å². The lowest BCUT2D eigenvalue weighted by atomic mass is 9.88. The van der Waals surface area contributed by atoms with Crippen molar-refractivity contribution >= 4 is 35.8 Å². The van der Waals surface area contributed by atoms with Gasteiger partial charge in [0.1, 0.15) is 6.04 Å². The molecule has 1 fully saturated rings. The largest absolute Gasteiger partial charge is 0.343 e. The highest BCUT2D eigenvalue weighted by molar-refractivity contribution is 7.81. The normalized spacial score (nSPS) is 22.9. The van der Waals surface area contributed by atoms with Gasteiger partial charge in [-0.05, 0) is 66.0 Å². The first-order chi connectivity index (χ1) is 16.5. The Morgan fingerprint density at radius 3 is 2.71 bits per heavy atom. The van der Waals surface area contributed by atoms with Crippen LogP contribution in [0.25, 0.3) is 11.1 Å². The third kappa shape index (κ3) is 4.66. The zero-order chi connectivity index (χ0) is 23.7. The molecule has 4 atom stereocenters. The first kappa shape index (κ1) is 23.2. The summed E-state index contributed by atoms with van der Waals surface area (Å²) in [7, 11) is 0. The molecule has 0 aliphatic carbocycles. The number of piperidine rings is 1. The topological polar surface area (TPSA) is 49.4 Å². The summed E-state index contributed by atoms with van der Waals surface area (Å²) in [5, 5.41) is 4.58. The highest BCUT2D eigenvalue weighted by atomic mass is 32.1. The van der Waals surface area contributed by atoms with Gasteiger partial charge < -0.3 is 10.2 Å². The average Bonchev–Trinajstić information content (AvgIpc) is 3.33. The summed E-state index contributed by atoms with van der Waals surface area (Å²) in [6, 6.07) is 20.5. The summed E-state index contributed by atoms with van der Waals surface area (Å²) >= 11 is 6.18. The molecular formula is C28H30N2O2S2. The second kappa shape index (κ2) is 9.96. The van der Waals surface area contributed by atoms with Gasteiger partial charge >= 0.3 is 0 Å². The Morgan fingerprint density at radius 2 is 1.94 bits per heavy atom. The maximum Gasteiger partial charge on any atom is 0.246 e. The van der Waals surface area contributed by atoms with Gasteiger partial charge in [0.15, 0.2) is 0 Å². The van der Waals surface area contributed by atoms with E-state index in [0.717, 1.165) is 29.7 Å². The second-order valence-corrected chi connectivity index (χ2v) is 11.0. The molecule has 176 valence electrons. The lowest BCUT2D eigenvalue weighted by Crippen LogP contribution is -2.54. The molecule has 4 nitrogen and oxygen atoms in total. The number of fused-ring (bicyclic) bond motifs is 3. The monoisotopic (exact) mass is 490 g/mol. The van der Waals surface area contributed by atoms with E-state index < -0.39 is 11.3 Å². The number of nitrogens with zero attached hydrogens (tertiary/aromatic N) is 1. The molecule has 5 rings (SSSR count). The molecule has 3 heterocycles. The molecular weight excluding hydrogens is 460 g/mol. The smallest absolute Gasteiger partial charge is 0.246 e. The van der Waals surface area contributed by atoms with Gasteiger partial charge in [-0.1, -0.05) is 48.5 Å². The van der Waals surface area contributed by atoms with E-state index in [4.69, 9.17) is 0 Å². The molecule has 6 heteroatoms. The molecule has 0 radical (unpaired) electrons. The number of hydrogen-bond donors (Lipinski definition) is 2. The quantitative estimate of drug-likeness (QED) is 0.468. The molecule has 0 bridgehead atoms. The van der Waals surface area contributed by atoms with Gasteiger partial charge in [-0.2, -0.15) is 12.6 Å². The minimum absolute atomic E-state index is 0.0275. The van der Waals surface area contributed by atoms with Crippen LogP contribution in [0.5, 0.6) is 0 Å². The number of carbonyl (C=O) groups is 2. The van der Waals surface area contributed by atoms with Crippen LogP contribution in [0, 0.1) is 0 Å². The zero-order valence-corrected chi connectivity index (χ0v) is 21.0. The van der Waals surface area contributed by atoms with Crippen LogP contribution in [-0.4, -0.2) is 34.0 Å². The molecule has 1 saturated heterocycles. The van der Waals surface area contributed by atoms with E-state index in [1.54, 1.807) is 11.3 Å². The van der Waals surface area contributed by atoms with E-state index in [0.29, 0.717) is 12.8 Å². The molecule has 2 unspecified atom stereocenters. The van der Waals surface area contributed by atoms with Gasteiger partial charge in [0.05, 0.1) is 11.3 Å². The molecule has 2 aliphatic rings. The summed E-state index contributed by atoms with van der Waals surface area (Å²) in [5.41, 5.74) is 4.71. The van der Waals surface area contributed by atoms with E-state index in [2.05, 4.69) is 67.3 Å². The minimum Gasteiger partial charge on any atom is -0.343 e. The van der Waals surface area contributed by atoms with Crippen LogP contribution < -0.4 is 5.32 Å². The van der Waals surface area contributed by atoms with Crippen molar-refractivity contribution in [1.82, 2.24) is 10.2 Å². The van der Waals surface area contributed by atoms with Crippen LogP contribution in [-0.2, 0) is 22.4 Å². The molecule has 2 aromatic carbocycles. The number of rotatable bonds is 5. The predicted octanol–water partition coefficient (Wildman–Crippen LogP) is 5.44. The van der Waals surface area contributed by atoms with Gasteiger partial charge in [-0.25, -0.2) is 0 Å². The average molecular weight is 491 g/mol. The molecule has 2 amide bonds. The van der Waals surface area contributed by atoms with Crippen LogP contribution in [0.15, 0.2) is 66.0 Å². The highest BCUT2D eigenvalue weighted by Gasteiger charge is 2.41. The fourth-order valence-corrected chi connectivity index (χ4v) is 6.50. The molecule has 0 spiro atoms. The lowest BCUT2D eigenvalue weighted by Gasteiger charge is -2.41. The Kier molecular flexibility index (Phi) is 6.79. The van der Waals surface area contributed by atoms with Crippen molar-refractivity contribution in [3.63, 3.8) is 0 Å². The number of nitrogens with one attached hydrogen (secondary N) is 1. The zero-order valence-electron chi connectivity index (χ0n) is 19.3. The molecule has 3 aromatic rings. The number of hydrogen-bond acceptors (Lipinski definition) is 4. The summed E-state index contributed by atoms with van der Waals surface area (Å²) in [6.45, 7) is 2.13. The molecule has 0 saturated carbocycles. The second-order valence-electron chi connectivity index (χ2n) is 9.39. The van der Waals surface area contributed by atoms with Crippen molar-refractivity contribution in [2.75, 3.05) is 0 Å². The standard InChI is InChI=1S/C28H30N2O2S2/c1-18-7-5-11-25-23-15-20(19-8-3-2-4-9-19)12-13-21(23)16-24(28(32)30(18)25)29-27(31)26(33)17-22-10-6-14-34-22/h2-4,6,8-10,12-15,18,24-26,33H,5,7,11,16-17H2,1H3,(H,29,31)/t18?,24-,25?,26-/m0/s1. The van der Waals surface area contributed by atoms with E-state index in [-0.39, 0.29) is 23.9 Å². The van der Waals surface area contributed by atoms with Gasteiger partial charge in [0.25, 0.3) is 0 Å². The van der Waals surface area contributed by atoms with Gasteiger partial charge in [-0.15, -0.1) is 11.3 Å². The van der Waals surface area contributed by atoms with Crippen LogP contribution in [0.3, 0.4) is 0 Å². The van der Waals surface area contributed by atoms with Crippen molar-refractivity contribution in [3.05, 3.63) is 82.0 Å². The number of amides is 2. The van der Waals surface area contributed by atoms with Crippen LogP contribution in [0.4, 0.5) is 0 Å². The Hall–Kier alpha value is -2.57. The number of benzene rings is 2. The molecule has 2 aliphatic heterocycles. The van der Waals surface area contributed by atoms with Crippen molar-refractivity contribution in [3.8, 4) is 11.1 Å². The highest BCUT2D eigenvalue weighted by Crippen LogP contribution is 2.40.